The third kappa shape index (κ3) is 2.62. The van der Waals surface area contributed by atoms with Crippen LogP contribution in [-0.2, 0) is 11.0 Å². The molecular formula is C18H25O5P. The first kappa shape index (κ1) is 16.6. The summed E-state index contributed by atoms with van der Waals surface area (Å²) in [5.74, 6) is 1.95. The lowest BCUT2D eigenvalue weighted by Gasteiger charge is -2.50. The van der Waals surface area contributed by atoms with E-state index in [-0.39, 0.29) is 17.3 Å². The van der Waals surface area contributed by atoms with E-state index < -0.39 is 7.82 Å². The van der Waals surface area contributed by atoms with E-state index in [1.54, 1.807) is 12.1 Å². The van der Waals surface area contributed by atoms with Gasteiger partial charge in [-0.3, -0.25) is 9.79 Å². The molecule has 0 bridgehead atoms. The molecule has 1 aromatic carbocycles. The van der Waals surface area contributed by atoms with Gasteiger partial charge < -0.3 is 9.63 Å². The Kier molecular flexibility index (Phi) is 3.85. The Morgan fingerprint density at radius 2 is 2.00 bits per heavy atom. The fourth-order valence-corrected chi connectivity index (χ4v) is 6.11. The van der Waals surface area contributed by atoms with Crippen LogP contribution in [0.4, 0.5) is 0 Å². The Balaban J connectivity index is 1.62. The summed E-state index contributed by atoms with van der Waals surface area (Å²) in [4.78, 5) is 18.0. The average molecular weight is 352 g/mol. The van der Waals surface area contributed by atoms with Gasteiger partial charge in [-0.15, -0.1) is 0 Å². The predicted octanol–water partition coefficient (Wildman–Crippen LogP) is 3.38. The van der Waals surface area contributed by atoms with Gasteiger partial charge in [0.15, 0.2) is 0 Å². The zero-order valence-corrected chi connectivity index (χ0v) is 14.8. The van der Waals surface area contributed by atoms with Crippen molar-refractivity contribution in [2.24, 2.45) is 17.3 Å². The molecule has 4 unspecified atom stereocenters. The van der Waals surface area contributed by atoms with E-state index in [2.05, 4.69) is 6.92 Å². The smallest absolute Gasteiger partial charge is 0.404 e. The zero-order chi connectivity index (χ0) is 17.1. The van der Waals surface area contributed by atoms with E-state index in [1.807, 2.05) is 6.07 Å². The number of fused-ring (bicyclic) bond motifs is 5. The molecule has 0 amide bonds. The van der Waals surface area contributed by atoms with Gasteiger partial charge in [-0.2, -0.15) is 0 Å². The molecule has 0 aromatic heterocycles. The number of phosphoric ester groups is 1. The molecule has 24 heavy (non-hydrogen) atoms. The van der Waals surface area contributed by atoms with Gasteiger partial charge in [0.2, 0.25) is 0 Å². The number of aliphatic hydroxyl groups is 1. The maximum atomic E-state index is 11.0. The molecule has 2 fully saturated rings. The molecule has 0 aliphatic heterocycles. The van der Waals surface area contributed by atoms with Crippen molar-refractivity contribution in [2.45, 2.75) is 57.5 Å². The fourth-order valence-electron chi connectivity index (χ4n) is 5.73. The van der Waals surface area contributed by atoms with Gasteiger partial charge in [0.05, 0.1) is 6.10 Å². The first-order chi connectivity index (χ1) is 11.3. The van der Waals surface area contributed by atoms with Crippen molar-refractivity contribution in [3.63, 3.8) is 0 Å². The Labute approximate surface area is 142 Å². The van der Waals surface area contributed by atoms with Crippen molar-refractivity contribution < 1.29 is 24.0 Å². The van der Waals surface area contributed by atoms with Crippen molar-refractivity contribution >= 4 is 7.82 Å². The normalized spacial score (nSPS) is 38.2. The number of hydrogen-bond acceptors (Lipinski definition) is 3. The quantitative estimate of drug-likeness (QED) is 0.711. The number of aliphatic hydroxyl groups excluding tert-OH is 1. The molecular weight excluding hydrogens is 327 g/mol. The highest BCUT2D eigenvalue weighted by molar-refractivity contribution is 7.46. The minimum absolute atomic E-state index is 0.0716. The standard InChI is InChI=1S/C18H25O5P/c1-18-9-8-14-13-5-3-12(23-24(20,21)22)10-11(13)2-4-15(14)16(18)6-7-17(18)19/h3,5,10,14-17,19H,2,4,6-9H2,1H3,(H2,20,21,22)/t14?,15?,16?,17-,18?/m0/s1. The van der Waals surface area contributed by atoms with Crippen LogP contribution in [0.5, 0.6) is 5.75 Å². The summed E-state index contributed by atoms with van der Waals surface area (Å²) in [5, 5.41) is 10.4. The van der Waals surface area contributed by atoms with Gasteiger partial charge in [-0.25, -0.2) is 4.57 Å². The van der Waals surface area contributed by atoms with E-state index in [0.717, 1.165) is 44.1 Å². The lowest BCUT2D eigenvalue weighted by atomic mass is 9.55. The molecule has 5 atom stereocenters. The van der Waals surface area contributed by atoms with Crippen LogP contribution in [0.25, 0.3) is 0 Å². The number of benzene rings is 1. The van der Waals surface area contributed by atoms with Gasteiger partial charge in [-0.1, -0.05) is 13.0 Å². The van der Waals surface area contributed by atoms with Crippen LogP contribution in [-0.4, -0.2) is 21.0 Å². The highest BCUT2D eigenvalue weighted by atomic mass is 31.2. The second-order valence-electron chi connectivity index (χ2n) is 8.00. The van der Waals surface area contributed by atoms with E-state index in [9.17, 15) is 9.67 Å². The molecule has 0 radical (unpaired) electrons. The summed E-state index contributed by atoms with van der Waals surface area (Å²) in [7, 11) is -4.51. The molecule has 3 N–H and O–H groups in total. The number of hydrogen-bond donors (Lipinski definition) is 3. The third-order valence-electron chi connectivity index (χ3n) is 6.87. The Hall–Kier alpha value is -0.870. The van der Waals surface area contributed by atoms with Crippen molar-refractivity contribution in [1.29, 1.82) is 0 Å². The van der Waals surface area contributed by atoms with Crippen molar-refractivity contribution in [3.8, 4) is 5.75 Å². The van der Waals surface area contributed by atoms with Crippen molar-refractivity contribution in [1.82, 2.24) is 0 Å². The molecule has 4 rings (SSSR count). The second kappa shape index (κ2) is 5.57. The number of phosphoric acid groups is 1. The first-order valence-corrected chi connectivity index (χ1v) is 10.4. The van der Waals surface area contributed by atoms with E-state index in [4.69, 9.17) is 14.3 Å². The molecule has 3 aliphatic rings. The molecule has 0 saturated heterocycles. The number of aryl methyl sites for hydroxylation is 1. The number of rotatable bonds is 2. The Morgan fingerprint density at radius 3 is 2.75 bits per heavy atom. The molecule has 0 heterocycles. The Morgan fingerprint density at radius 1 is 1.21 bits per heavy atom. The molecule has 0 spiro atoms. The van der Waals surface area contributed by atoms with Crippen molar-refractivity contribution in [2.75, 3.05) is 0 Å². The first-order valence-electron chi connectivity index (χ1n) is 8.84. The van der Waals surface area contributed by atoms with Gasteiger partial charge in [0.1, 0.15) is 5.75 Å². The average Bonchev–Trinajstić information content (AvgIpc) is 2.81. The van der Waals surface area contributed by atoms with Crippen LogP contribution in [0.1, 0.15) is 56.1 Å². The topological polar surface area (TPSA) is 87.0 Å². The van der Waals surface area contributed by atoms with E-state index in [1.165, 1.54) is 5.56 Å². The highest BCUT2D eigenvalue weighted by Gasteiger charge is 2.54. The molecule has 1 aromatic rings. The maximum absolute atomic E-state index is 11.0. The lowest BCUT2D eigenvalue weighted by molar-refractivity contribution is -0.0226. The van der Waals surface area contributed by atoms with Crippen LogP contribution >= 0.6 is 7.82 Å². The highest BCUT2D eigenvalue weighted by Crippen LogP contribution is 2.61. The molecule has 3 aliphatic carbocycles. The summed E-state index contributed by atoms with van der Waals surface area (Å²) in [6.07, 6.45) is 6.02. The van der Waals surface area contributed by atoms with Crippen LogP contribution in [0.3, 0.4) is 0 Å². The summed E-state index contributed by atoms with van der Waals surface area (Å²) in [6, 6.07) is 5.46. The summed E-state index contributed by atoms with van der Waals surface area (Å²) in [6.45, 7) is 2.26. The summed E-state index contributed by atoms with van der Waals surface area (Å²) >= 11 is 0. The van der Waals surface area contributed by atoms with E-state index >= 15 is 0 Å². The van der Waals surface area contributed by atoms with Gasteiger partial charge in [0.25, 0.3) is 0 Å². The molecule has 6 heteroatoms. The van der Waals surface area contributed by atoms with Gasteiger partial charge in [0, 0.05) is 0 Å². The fraction of sp³-hybridized carbons (Fsp3) is 0.667. The molecule has 5 nitrogen and oxygen atoms in total. The molecule has 2 saturated carbocycles. The monoisotopic (exact) mass is 352 g/mol. The third-order valence-corrected chi connectivity index (χ3v) is 7.32. The lowest BCUT2D eigenvalue weighted by Crippen LogP contribution is -2.43. The van der Waals surface area contributed by atoms with Gasteiger partial charge in [-0.05, 0) is 85.0 Å². The minimum Gasteiger partial charge on any atom is -0.404 e. The van der Waals surface area contributed by atoms with E-state index in [0.29, 0.717) is 17.8 Å². The van der Waals surface area contributed by atoms with Crippen molar-refractivity contribution in [3.05, 3.63) is 29.3 Å². The Bertz CT molecular complexity index is 699. The maximum Gasteiger partial charge on any atom is 0.524 e. The van der Waals surface area contributed by atoms with Gasteiger partial charge >= 0.3 is 7.82 Å². The summed E-state index contributed by atoms with van der Waals surface area (Å²) in [5.41, 5.74) is 2.54. The predicted molar refractivity (Wildman–Crippen MR) is 89.7 cm³/mol. The second-order valence-corrected chi connectivity index (χ2v) is 9.16. The summed E-state index contributed by atoms with van der Waals surface area (Å²) < 4.78 is 15.8. The zero-order valence-electron chi connectivity index (χ0n) is 13.9. The molecule has 132 valence electrons. The largest absolute Gasteiger partial charge is 0.524 e. The van der Waals surface area contributed by atoms with Crippen LogP contribution in [0, 0.1) is 17.3 Å². The van der Waals surface area contributed by atoms with Crippen LogP contribution in [0.2, 0.25) is 0 Å². The SMILES string of the molecule is CC12CCC3c4ccc(OP(=O)(O)O)cc4CCC3C1CC[C@@H]2O. The van der Waals surface area contributed by atoms with Crippen LogP contribution in [0.15, 0.2) is 18.2 Å². The van der Waals surface area contributed by atoms with Crippen LogP contribution < -0.4 is 4.52 Å². The minimum atomic E-state index is -4.51.